The quantitative estimate of drug-likeness (QED) is 0.637. The van der Waals surface area contributed by atoms with Crippen LogP contribution in [0.15, 0.2) is 35.2 Å². The number of carbonyl (C=O) groups excluding carboxylic acids is 1. The van der Waals surface area contributed by atoms with Crippen LogP contribution >= 0.6 is 0 Å². The van der Waals surface area contributed by atoms with Crippen molar-refractivity contribution in [1.29, 1.82) is 0 Å². The summed E-state index contributed by atoms with van der Waals surface area (Å²) >= 11 is 0. The van der Waals surface area contributed by atoms with Crippen molar-refractivity contribution in [3.05, 3.63) is 52.6 Å². The summed E-state index contributed by atoms with van der Waals surface area (Å²) in [6, 6.07) is 9.52. The zero-order chi connectivity index (χ0) is 22.9. The molecule has 0 heterocycles. The summed E-state index contributed by atoms with van der Waals surface area (Å²) in [7, 11) is -1.34. The number of anilines is 1. The highest BCUT2D eigenvalue weighted by Gasteiger charge is 2.27. The highest BCUT2D eigenvalue weighted by atomic mass is 32.2. The molecule has 0 saturated heterocycles. The molecular formula is C25H35NO3S. The fourth-order valence-electron chi connectivity index (χ4n) is 3.40. The van der Waals surface area contributed by atoms with Crippen molar-refractivity contribution in [3.63, 3.8) is 0 Å². The van der Waals surface area contributed by atoms with Crippen molar-refractivity contribution < 1.29 is 14.1 Å². The van der Waals surface area contributed by atoms with Crippen LogP contribution in [0.2, 0.25) is 0 Å². The SMILES string of the molecule is Cc1cccc(C)c1NC(=O)CCS(=O)c1cc(C(C)(C)C)c(O)c(C(C)(C)C)c1. The fourth-order valence-corrected chi connectivity index (χ4v) is 4.50. The fraction of sp³-hybridized carbons (Fsp3) is 0.480. The molecule has 0 radical (unpaired) electrons. The van der Waals surface area contributed by atoms with Gasteiger partial charge in [0.1, 0.15) is 5.75 Å². The first-order chi connectivity index (χ1) is 13.7. The molecule has 0 bridgehead atoms. The minimum atomic E-state index is -1.34. The second-order valence-electron chi connectivity index (χ2n) is 9.98. The van der Waals surface area contributed by atoms with Crippen LogP contribution in [0.25, 0.3) is 0 Å². The predicted octanol–water partition coefficient (Wildman–Crippen LogP) is 5.74. The summed E-state index contributed by atoms with van der Waals surface area (Å²) < 4.78 is 13.1. The molecule has 1 amide bonds. The first kappa shape index (κ1) is 24.1. The van der Waals surface area contributed by atoms with Gasteiger partial charge >= 0.3 is 0 Å². The largest absolute Gasteiger partial charge is 0.507 e. The highest BCUT2D eigenvalue weighted by molar-refractivity contribution is 7.85. The molecular weight excluding hydrogens is 394 g/mol. The predicted molar refractivity (Wildman–Crippen MR) is 126 cm³/mol. The van der Waals surface area contributed by atoms with Crippen LogP contribution in [0, 0.1) is 13.8 Å². The number of amides is 1. The molecule has 164 valence electrons. The lowest BCUT2D eigenvalue weighted by atomic mass is 9.79. The lowest BCUT2D eigenvalue weighted by Crippen LogP contribution is -2.19. The Kier molecular flexibility index (Phi) is 7.18. The topological polar surface area (TPSA) is 66.4 Å². The summed E-state index contributed by atoms with van der Waals surface area (Å²) in [4.78, 5) is 13.1. The third kappa shape index (κ3) is 5.72. The van der Waals surface area contributed by atoms with Gasteiger partial charge in [-0.1, -0.05) is 59.7 Å². The molecule has 0 spiro atoms. The minimum absolute atomic E-state index is 0.147. The lowest BCUT2D eigenvalue weighted by molar-refractivity contribution is -0.115. The maximum atomic E-state index is 13.1. The van der Waals surface area contributed by atoms with Gasteiger partial charge in [0, 0.05) is 33.9 Å². The number of nitrogens with one attached hydrogen (secondary N) is 1. The number of rotatable bonds is 5. The third-order valence-corrected chi connectivity index (χ3v) is 6.56. The van der Waals surface area contributed by atoms with E-state index in [2.05, 4.69) is 5.32 Å². The maximum Gasteiger partial charge on any atom is 0.225 e. The number of benzene rings is 2. The molecule has 0 fully saturated rings. The van der Waals surface area contributed by atoms with Crippen molar-refractivity contribution in [3.8, 4) is 5.75 Å². The molecule has 1 atom stereocenters. The van der Waals surface area contributed by atoms with E-state index in [0.29, 0.717) is 4.90 Å². The lowest BCUT2D eigenvalue weighted by Gasteiger charge is -2.28. The van der Waals surface area contributed by atoms with Gasteiger partial charge in [-0.05, 0) is 47.9 Å². The van der Waals surface area contributed by atoms with E-state index in [4.69, 9.17) is 0 Å². The molecule has 0 aliphatic carbocycles. The van der Waals surface area contributed by atoms with Crippen molar-refractivity contribution in [2.75, 3.05) is 11.1 Å². The Bertz CT molecular complexity index is 910. The van der Waals surface area contributed by atoms with Crippen molar-refractivity contribution in [2.45, 2.75) is 77.5 Å². The second kappa shape index (κ2) is 8.93. The van der Waals surface area contributed by atoms with Gasteiger partial charge in [0.2, 0.25) is 5.91 Å². The molecule has 5 heteroatoms. The van der Waals surface area contributed by atoms with Crippen molar-refractivity contribution in [1.82, 2.24) is 0 Å². The Morgan fingerprint density at radius 2 is 1.43 bits per heavy atom. The summed E-state index contributed by atoms with van der Waals surface area (Å²) in [5, 5.41) is 13.8. The van der Waals surface area contributed by atoms with Crippen LogP contribution in [0.3, 0.4) is 0 Å². The third-order valence-electron chi connectivity index (χ3n) is 5.22. The molecule has 2 aromatic rings. The van der Waals surface area contributed by atoms with E-state index < -0.39 is 10.8 Å². The molecule has 0 aromatic heterocycles. The molecule has 2 aromatic carbocycles. The Labute approximate surface area is 183 Å². The molecule has 0 aliphatic rings. The standard InChI is InChI=1S/C25H35NO3S/c1-16-10-9-11-17(2)22(16)26-21(27)12-13-30(29)18-14-19(24(3,4)5)23(28)20(15-18)25(6,7)8/h9-11,14-15,28H,12-13H2,1-8H3,(H,26,27). The Balaban J connectivity index is 2.23. The van der Waals surface area contributed by atoms with Crippen LogP contribution in [-0.2, 0) is 26.4 Å². The number of phenols is 1. The van der Waals surface area contributed by atoms with E-state index in [0.717, 1.165) is 27.9 Å². The minimum Gasteiger partial charge on any atom is -0.507 e. The van der Waals surface area contributed by atoms with Crippen LogP contribution in [0.4, 0.5) is 5.69 Å². The summed E-state index contributed by atoms with van der Waals surface area (Å²) in [6.45, 7) is 16.1. The molecule has 1 unspecified atom stereocenters. The summed E-state index contributed by atoms with van der Waals surface area (Å²) in [6.07, 6.45) is 0.164. The van der Waals surface area contributed by atoms with Gasteiger partial charge in [0.05, 0.1) is 10.8 Å². The van der Waals surface area contributed by atoms with Gasteiger partial charge < -0.3 is 10.4 Å². The monoisotopic (exact) mass is 429 g/mol. The van der Waals surface area contributed by atoms with Gasteiger partial charge in [-0.25, -0.2) is 0 Å². The smallest absolute Gasteiger partial charge is 0.225 e. The number of phenolic OH excluding ortho intramolecular Hbond substituents is 1. The summed E-state index contributed by atoms with van der Waals surface area (Å²) in [5.41, 5.74) is 3.81. The van der Waals surface area contributed by atoms with Gasteiger partial charge in [-0.15, -0.1) is 0 Å². The van der Waals surface area contributed by atoms with Gasteiger partial charge in [0.25, 0.3) is 0 Å². The highest BCUT2D eigenvalue weighted by Crippen LogP contribution is 2.40. The Hall–Kier alpha value is -2.14. The number of carbonyl (C=O) groups is 1. The summed E-state index contributed by atoms with van der Waals surface area (Å²) in [5.74, 6) is 0.351. The van der Waals surface area contributed by atoms with E-state index in [1.165, 1.54) is 0 Å². The average molecular weight is 430 g/mol. The van der Waals surface area contributed by atoms with E-state index in [1.54, 1.807) is 0 Å². The zero-order valence-electron chi connectivity index (χ0n) is 19.5. The molecule has 4 nitrogen and oxygen atoms in total. The number of para-hydroxylation sites is 1. The van der Waals surface area contributed by atoms with Crippen LogP contribution in [0.5, 0.6) is 5.75 Å². The Morgan fingerprint density at radius 3 is 1.87 bits per heavy atom. The molecule has 30 heavy (non-hydrogen) atoms. The van der Waals surface area contributed by atoms with E-state index in [1.807, 2.05) is 85.7 Å². The number of hydrogen-bond donors (Lipinski definition) is 2. The van der Waals surface area contributed by atoms with E-state index in [-0.39, 0.29) is 34.7 Å². The molecule has 0 aliphatic heterocycles. The van der Waals surface area contributed by atoms with Crippen LogP contribution in [-0.4, -0.2) is 21.0 Å². The molecule has 0 saturated carbocycles. The molecule has 2 rings (SSSR count). The van der Waals surface area contributed by atoms with Crippen molar-refractivity contribution >= 4 is 22.4 Å². The van der Waals surface area contributed by atoms with E-state index in [9.17, 15) is 14.1 Å². The van der Waals surface area contributed by atoms with Crippen molar-refractivity contribution in [2.24, 2.45) is 0 Å². The Morgan fingerprint density at radius 1 is 0.967 bits per heavy atom. The first-order valence-electron chi connectivity index (χ1n) is 10.3. The van der Waals surface area contributed by atoms with Gasteiger partial charge in [-0.2, -0.15) is 0 Å². The van der Waals surface area contributed by atoms with Gasteiger partial charge in [0.15, 0.2) is 0 Å². The van der Waals surface area contributed by atoms with Crippen LogP contribution < -0.4 is 5.32 Å². The second-order valence-corrected chi connectivity index (χ2v) is 11.6. The number of aromatic hydroxyl groups is 1. The van der Waals surface area contributed by atoms with Crippen LogP contribution in [0.1, 0.15) is 70.2 Å². The molecule has 2 N–H and O–H groups in total. The first-order valence-corrected chi connectivity index (χ1v) is 11.7. The average Bonchev–Trinajstić information content (AvgIpc) is 2.61. The zero-order valence-corrected chi connectivity index (χ0v) is 20.3. The normalized spacial score (nSPS) is 13.2. The number of aryl methyl sites for hydroxylation is 2. The maximum absolute atomic E-state index is 13.1. The van der Waals surface area contributed by atoms with E-state index >= 15 is 0 Å². The number of hydrogen-bond acceptors (Lipinski definition) is 3. The van der Waals surface area contributed by atoms with Gasteiger partial charge in [-0.3, -0.25) is 9.00 Å².